The van der Waals surface area contributed by atoms with Crippen LogP contribution in [0, 0.1) is 20.8 Å². The molecule has 2 heteroatoms. The number of rotatable bonds is 1. The molecule has 1 aromatic carbocycles. The molecule has 0 spiro atoms. The van der Waals surface area contributed by atoms with Gasteiger partial charge in [0.15, 0.2) is 0 Å². The van der Waals surface area contributed by atoms with Crippen molar-refractivity contribution in [1.82, 2.24) is 0 Å². The maximum atomic E-state index is 10.6. The minimum Gasteiger partial charge on any atom is -0.241 e. The van der Waals surface area contributed by atoms with Crippen molar-refractivity contribution >= 4 is 5.97 Å². The molecule has 0 heterocycles. The van der Waals surface area contributed by atoms with Crippen LogP contribution in [0.2, 0.25) is 0 Å². The topological polar surface area (TPSA) is 37.0 Å². The summed E-state index contributed by atoms with van der Waals surface area (Å²) in [5.74, 6) is -1.09. The van der Waals surface area contributed by atoms with Gasteiger partial charge in [-0.25, -0.2) is 9.90 Å². The average molecular weight is 163 g/mol. The Bertz CT molecular complexity index is 304. The Kier molecular flexibility index (Phi) is 2.18. The first-order chi connectivity index (χ1) is 5.52. The van der Waals surface area contributed by atoms with Gasteiger partial charge < -0.3 is 0 Å². The highest BCUT2D eigenvalue weighted by Gasteiger charge is 2.11. The number of carbonyl (C=O) groups is 1. The van der Waals surface area contributed by atoms with Crippen LogP contribution in [0.1, 0.15) is 27.0 Å². The third kappa shape index (κ3) is 1.47. The van der Waals surface area contributed by atoms with E-state index in [4.69, 9.17) is 0 Å². The van der Waals surface area contributed by atoms with E-state index >= 15 is 0 Å². The van der Waals surface area contributed by atoms with Gasteiger partial charge in [-0.1, -0.05) is 17.7 Å². The summed E-state index contributed by atoms with van der Waals surface area (Å²) in [6, 6.07) is 3.69. The van der Waals surface area contributed by atoms with E-state index in [-0.39, 0.29) is 0 Å². The molecule has 12 heavy (non-hydrogen) atoms. The Balaban J connectivity index is 3.38. The minimum atomic E-state index is -1.09. The Morgan fingerprint density at radius 3 is 1.83 bits per heavy atom. The normalized spacial score (nSPS) is 9.92. The van der Waals surface area contributed by atoms with Gasteiger partial charge in [-0.05, 0) is 31.9 Å². The lowest BCUT2D eigenvalue weighted by Crippen LogP contribution is -2.01. The third-order valence-corrected chi connectivity index (χ3v) is 1.88. The molecule has 0 fully saturated rings. The molecule has 1 rings (SSSR count). The van der Waals surface area contributed by atoms with Crippen LogP contribution < -0.4 is 0 Å². The Morgan fingerprint density at radius 2 is 1.50 bits per heavy atom. The van der Waals surface area contributed by atoms with Crippen molar-refractivity contribution in [3.63, 3.8) is 0 Å². The summed E-state index contributed by atoms with van der Waals surface area (Å²) in [6.45, 7) is 5.51. The van der Waals surface area contributed by atoms with Crippen LogP contribution in [0.5, 0.6) is 0 Å². The van der Waals surface area contributed by atoms with Crippen molar-refractivity contribution in [1.29, 1.82) is 0 Å². The number of hydrogen-bond donors (Lipinski definition) is 0. The monoisotopic (exact) mass is 163 g/mol. The molecule has 0 N–H and O–H groups in total. The molecule has 0 aliphatic heterocycles. The molecule has 1 aromatic rings. The highest BCUT2D eigenvalue weighted by molar-refractivity contribution is 5.90. The highest BCUT2D eigenvalue weighted by atomic mass is 16.4. The third-order valence-electron chi connectivity index (χ3n) is 1.88. The van der Waals surface area contributed by atoms with E-state index in [9.17, 15) is 9.90 Å². The molecule has 1 radical (unpaired) electrons. The van der Waals surface area contributed by atoms with Gasteiger partial charge in [-0.3, -0.25) is 0 Å². The average Bonchev–Trinajstić information content (AvgIpc) is 1.82. The van der Waals surface area contributed by atoms with E-state index in [1.807, 2.05) is 19.1 Å². The molecule has 0 aromatic heterocycles. The van der Waals surface area contributed by atoms with Crippen LogP contribution in [0.25, 0.3) is 0 Å². The SMILES string of the molecule is Cc1cc(C)c(C([O])=O)c(C)c1. The summed E-state index contributed by atoms with van der Waals surface area (Å²) in [5, 5.41) is 10.6. The van der Waals surface area contributed by atoms with Crippen LogP contribution in [0.4, 0.5) is 0 Å². The van der Waals surface area contributed by atoms with Crippen LogP contribution in [-0.2, 0) is 5.11 Å². The summed E-state index contributed by atoms with van der Waals surface area (Å²) >= 11 is 0. The minimum absolute atomic E-state index is 0.320. The van der Waals surface area contributed by atoms with Gasteiger partial charge in [-0.15, -0.1) is 0 Å². The smallest absolute Gasteiger partial charge is 0.241 e. The zero-order valence-corrected chi connectivity index (χ0v) is 7.47. The first-order valence-electron chi connectivity index (χ1n) is 3.81. The summed E-state index contributed by atoms with van der Waals surface area (Å²) in [7, 11) is 0. The first kappa shape index (κ1) is 8.78. The predicted molar refractivity (Wildman–Crippen MR) is 45.7 cm³/mol. The number of hydrogen-bond acceptors (Lipinski definition) is 1. The molecule has 0 atom stereocenters. The Morgan fingerprint density at radius 1 is 1.08 bits per heavy atom. The van der Waals surface area contributed by atoms with Crippen molar-refractivity contribution < 1.29 is 9.90 Å². The highest BCUT2D eigenvalue weighted by Crippen LogP contribution is 2.15. The summed E-state index contributed by atoms with van der Waals surface area (Å²) < 4.78 is 0. The fourth-order valence-electron chi connectivity index (χ4n) is 1.50. The van der Waals surface area contributed by atoms with Crippen LogP contribution >= 0.6 is 0 Å². The largest absolute Gasteiger partial charge is 0.386 e. The standard InChI is InChI=1S/C10H11O2/c1-6-4-7(2)9(10(11)12)8(3)5-6/h4-5H,1-3H3. The van der Waals surface area contributed by atoms with E-state index in [1.54, 1.807) is 13.8 Å². The molecular formula is C10H11O2. The maximum Gasteiger partial charge on any atom is 0.386 e. The molecule has 63 valence electrons. The second kappa shape index (κ2) is 2.97. The van der Waals surface area contributed by atoms with Crippen molar-refractivity contribution in [2.45, 2.75) is 20.8 Å². The van der Waals surface area contributed by atoms with E-state index < -0.39 is 5.97 Å². The molecule has 0 saturated heterocycles. The molecule has 0 bridgehead atoms. The van der Waals surface area contributed by atoms with E-state index in [0.717, 1.165) is 16.7 Å². The summed E-state index contributed by atoms with van der Waals surface area (Å²) in [4.78, 5) is 10.6. The Labute approximate surface area is 71.8 Å². The molecule has 2 nitrogen and oxygen atoms in total. The predicted octanol–water partition coefficient (Wildman–Crippen LogP) is 2.18. The van der Waals surface area contributed by atoms with Gasteiger partial charge in [0.05, 0.1) is 5.56 Å². The zero-order valence-electron chi connectivity index (χ0n) is 7.47. The maximum absolute atomic E-state index is 10.6. The van der Waals surface area contributed by atoms with Crippen molar-refractivity contribution in [2.24, 2.45) is 0 Å². The fraction of sp³-hybridized carbons (Fsp3) is 0.300. The lowest BCUT2D eigenvalue weighted by molar-refractivity contribution is 0.0571. The van der Waals surface area contributed by atoms with Gasteiger partial charge in [0.1, 0.15) is 0 Å². The number of aryl methyl sites for hydroxylation is 3. The van der Waals surface area contributed by atoms with E-state index in [1.165, 1.54) is 0 Å². The number of carbonyl (C=O) groups excluding carboxylic acids is 1. The lowest BCUT2D eigenvalue weighted by atomic mass is 10.0. The van der Waals surface area contributed by atoms with Gasteiger partial charge in [0, 0.05) is 0 Å². The van der Waals surface area contributed by atoms with Gasteiger partial charge >= 0.3 is 5.97 Å². The molecule has 0 aliphatic rings. The van der Waals surface area contributed by atoms with E-state index in [0.29, 0.717) is 5.56 Å². The van der Waals surface area contributed by atoms with Gasteiger partial charge in [0.25, 0.3) is 0 Å². The summed E-state index contributed by atoms with van der Waals surface area (Å²) in [5.41, 5.74) is 2.94. The van der Waals surface area contributed by atoms with Gasteiger partial charge in [0.2, 0.25) is 0 Å². The molecule has 0 saturated carbocycles. The lowest BCUT2D eigenvalue weighted by Gasteiger charge is -2.04. The molecule has 0 unspecified atom stereocenters. The van der Waals surface area contributed by atoms with Crippen LogP contribution in [-0.4, -0.2) is 5.97 Å². The number of benzene rings is 1. The van der Waals surface area contributed by atoms with Gasteiger partial charge in [-0.2, -0.15) is 0 Å². The van der Waals surface area contributed by atoms with Crippen LogP contribution in [0.3, 0.4) is 0 Å². The quantitative estimate of drug-likeness (QED) is 0.625. The van der Waals surface area contributed by atoms with Crippen LogP contribution in [0.15, 0.2) is 12.1 Å². The fourth-order valence-corrected chi connectivity index (χ4v) is 1.50. The summed E-state index contributed by atoms with van der Waals surface area (Å²) in [6.07, 6.45) is 0. The second-order valence-corrected chi connectivity index (χ2v) is 3.06. The van der Waals surface area contributed by atoms with Crippen molar-refractivity contribution in [3.05, 3.63) is 34.4 Å². The van der Waals surface area contributed by atoms with Crippen molar-refractivity contribution in [3.8, 4) is 0 Å². The van der Waals surface area contributed by atoms with Crippen molar-refractivity contribution in [2.75, 3.05) is 0 Å². The molecule has 0 amide bonds. The molecule has 0 aliphatic carbocycles. The first-order valence-corrected chi connectivity index (χ1v) is 3.81. The zero-order chi connectivity index (χ0) is 9.30. The second-order valence-electron chi connectivity index (χ2n) is 3.06. The van der Waals surface area contributed by atoms with E-state index in [2.05, 4.69) is 0 Å². The Hall–Kier alpha value is -1.31. The molecular weight excluding hydrogens is 152 g/mol.